The van der Waals surface area contributed by atoms with Crippen LogP contribution in [0.2, 0.25) is 0 Å². The fraction of sp³-hybridized carbons (Fsp3) is 0.462. The highest BCUT2D eigenvalue weighted by molar-refractivity contribution is 7.99. The number of hydrogen-bond donors (Lipinski definition) is 1. The molecule has 1 atom stereocenters. The Kier molecular flexibility index (Phi) is 6.74. The molecule has 1 aromatic carbocycles. The molecule has 17 heavy (non-hydrogen) atoms. The van der Waals surface area contributed by atoms with E-state index in [0.29, 0.717) is 12.4 Å². The Morgan fingerprint density at radius 2 is 2.12 bits per heavy atom. The van der Waals surface area contributed by atoms with Gasteiger partial charge in [-0.3, -0.25) is 4.79 Å². The van der Waals surface area contributed by atoms with E-state index in [-0.39, 0.29) is 5.97 Å². The van der Waals surface area contributed by atoms with Gasteiger partial charge >= 0.3 is 5.97 Å². The van der Waals surface area contributed by atoms with Gasteiger partial charge in [-0.2, -0.15) is 11.8 Å². The number of carbonyl (C=O) groups is 1. The molecule has 0 unspecified atom stereocenters. The summed E-state index contributed by atoms with van der Waals surface area (Å²) in [5, 5.41) is 0. The van der Waals surface area contributed by atoms with Crippen LogP contribution in [0, 0.1) is 0 Å². The summed E-state index contributed by atoms with van der Waals surface area (Å²) in [5.74, 6) is 1.28. The van der Waals surface area contributed by atoms with Gasteiger partial charge in [0.1, 0.15) is 6.04 Å². The zero-order valence-electron chi connectivity index (χ0n) is 10.1. The van der Waals surface area contributed by atoms with Gasteiger partial charge < -0.3 is 10.5 Å². The molecule has 0 aliphatic rings. The third kappa shape index (κ3) is 5.75. The van der Waals surface area contributed by atoms with Crippen LogP contribution in [0.3, 0.4) is 0 Å². The molecule has 94 valence electrons. The Balaban J connectivity index is 2.14. The molecule has 0 fully saturated rings. The summed E-state index contributed by atoms with van der Waals surface area (Å²) >= 11 is 1.68. The molecule has 0 saturated heterocycles. The number of benzene rings is 1. The fourth-order valence-electron chi connectivity index (χ4n) is 1.36. The lowest BCUT2D eigenvalue weighted by molar-refractivity contribution is -0.144. The van der Waals surface area contributed by atoms with Crippen molar-refractivity contribution in [2.24, 2.45) is 5.73 Å². The maximum absolute atomic E-state index is 11.2. The third-order valence-electron chi connectivity index (χ3n) is 2.26. The smallest absolute Gasteiger partial charge is 0.323 e. The van der Waals surface area contributed by atoms with E-state index in [1.807, 2.05) is 18.2 Å². The fourth-order valence-corrected chi connectivity index (χ4v) is 2.30. The van der Waals surface area contributed by atoms with Crippen molar-refractivity contribution in [3.05, 3.63) is 35.9 Å². The number of nitrogens with two attached hydrogens (primary N) is 1. The van der Waals surface area contributed by atoms with Crippen LogP contribution < -0.4 is 5.73 Å². The van der Waals surface area contributed by atoms with E-state index in [1.54, 1.807) is 18.7 Å². The second-order valence-corrected chi connectivity index (χ2v) is 4.82. The van der Waals surface area contributed by atoms with Crippen molar-refractivity contribution in [2.45, 2.75) is 19.4 Å². The first-order valence-electron chi connectivity index (χ1n) is 5.78. The number of aryl methyl sites for hydroxylation is 1. The SMILES string of the molecule is CCOC(=O)[C@@H](N)CSCCc1ccccc1. The van der Waals surface area contributed by atoms with Gasteiger partial charge in [-0.15, -0.1) is 0 Å². The minimum Gasteiger partial charge on any atom is -0.465 e. The zero-order valence-corrected chi connectivity index (χ0v) is 10.9. The van der Waals surface area contributed by atoms with Gasteiger partial charge in [-0.25, -0.2) is 0 Å². The Hall–Kier alpha value is -1.00. The molecule has 2 N–H and O–H groups in total. The van der Waals surface area contributed by atoms with Gasteiger partial charge in [0.25, 0.3) is 0 Å². The molecule has 0 aliphatic carbocycles. The van der Waals surface area contributed by atoms with Gasteiger partial charge in [0.15, 0.2) is 0 Å². The minimum atomic E-state index is -0.504. The molecule has 0 aliphatic heterocycles. The van der Waals surface area contributed by atoms with Crippen LogP contribution in [-0.2, 0) is 16.0 Å². The molecular weight excluding hydrogens is 234 g/mol. The second kappa shape index (κ2) is 8.14. The van der Waals surface area contributed by atoms with Crippen LogP contribution >= 0.6 is 11.8 Å². The highest BCUT2D eigenvalue weighted by atomic mass is 32.2. The van der Waals surface area contributed by atoms with E-state index in [4.69, 9.17) is 10.5 Å². The number of rotatable bonds is 7. The van der Waals surface area contributed by atoms with Gasteiger partial charge in [-0.1, -0.05) is 30.3 Å². The molecule has 0 spiro atoms. The molecular formula is C13H19NO2S. The summed E-state index contributed by atoms with van der Waals surface area (Å²) in [4.78, 5) is 11.2. The first kappa shape index (κ1) is 14.1. The van der Waals surface area contributed by atoms with E-state index in [2.05, 4.69) is 12.1 Å². The van der Waals surface area contributed by atoms with Crippen LogP contribution in [0.1, 0.15) is 12.5 Å². The number of ether oxygens (including phenoxy) is 1. The van der Waals surface area contributed by atoms with Crippen LogP contribution in [0.25, 0.3) is 0 Å². The normalized spacial score (nSPS) is 12.1. The van der Waals surface area contributed by atoms with Gasteiger partial charge in [-0.05, 0) is 24.7 Å². The predicted octanol–water partition coefficient (Wildman–Crippen LogP) is 1.85. The summed E-state index contributed by atoms with van der Waals surface area (Å²) < 4.78 is 4.84. The molecule has 1 rings (SSSR count). The lowest BCUT2D eigenvalue weighted by atomic mass is 10.2. The lowest BCUT2D eigenvalue weighted by Crippen LogP contribution is -2.34. The van der Waals surface area contributed by atoms with Gasteiger partial charge in [0.05, 0.1) is 6.61 Å². The molecule has 0 bridgehead atoms. The van der Waals surface area contributed by atoms with E-state index in [1.165, 1.54) is 5.56 Å². The number of carbonyl (C=O) groups excluding carboxylic acids is 1. The van der Waals surface area contributed by atoms with E-state index in [9.17, 15) is 4.79 Å². The predicted molar refractivity (Wildman–Crippen MR) is 72.1 cm³/mol. The quantitative estimate of drug-likeness (QED) is 0.595. The van der Waals surface area contributed by atoms with Crippen molar-refractivity contribution in [3.8, 4) is 0 Å². The molecule has 3 nitrogen and oxygen atoms in total. The summed E-state index contributed by atoms with van der Waals surface area (Å²) in [5.41, 5.74) is 7.00. The van der Waals surface area contributed by atoms with Crippen LogP contribution in [0.15, 0.2) is 30.3 Å². The van der Waals surface area contributed by atoms with Crippen LogP contribution in [-0.4, -0.2) is 30.1 Å². The summed E-state index contributed by atoms with van der Waals surface area (Å²) in [6, 6.07) is 9.77. The van der Waals surface area contributed by atoms with Crippen molar-refractivity contribution >= 4 is 17.7 Å². The monoisotopic (exact) mass is 253 g/mol. The number of hydrogen-bond acceptors (Lipinski definition) is 4. The molecule has 0 amide bonds. The summed E-state index contributed by atoms with van der Waals surface area (Å²) in [6.07, 6.45) is 1.00. The molecule has 0 heterocycles. The molecule has 1 aromatic rings. The van der Waals surface area contributed by atoms with Crippen molar-refractivity contribution in [2.75, 3.05) is 18.1 Å². The minimum absolute atomic E-state index is 0.306. The van der Waals surface area contributed by atoms with Crippen LogP contribution in [0.5, 0.6) is 0 Å². The molecule has 0 radical (unpaired) electrons. The van der Waals surface area contributed by atoms with E-state index >= 15 is 0 Å². The van der Waals surface area contributed by atoms with E-state index in [0.717, 1.165) is 12.2 Å². The van der Waals surface area contributed by atoms with Crippen molar-refractivity contribution < 1.29 is 9.53 Å². The standard InChI is InChI=1S/C13H19NO2S/c1-2-16-13(15)12(14)10-17-9-8-11-6-4-3-5-7-11/h3-7,12H,2,8-10,14H2,1H3/t12-/m0/s1. The van der Waals surface area contributed by atoms with Crippen LogP contribution in [0.4, 0.5) is 0 Å². The average Bonchev–Trinajstić information content (AvgIpc) is 2.36. The first-order valence-corrected chi connectivity index (χ1v) is 6.93. The van der Waals surface area contributed by atoms with Crippen molar-refractivity contribution in [3.63, 3.8) is 0 Å². The third-order valence-corrected chi connectivity index (χ3v) is 3.35. The Morgan fingerprint density at radius 1 is 1.41 bits per heavy atom. The van der Waals surface area contributed by atoms with Crippen molar-refractivity contribution in [1.82, 2.24) is 0 Å². The highest BCUT2D eigenvalue weighted by Crippen LogP contribution is 2.08. The second-order valence-electron chi connectivity index (χ2n) is 3.67. The number of esters is 1. The Bertz CT molecular complexity index is 329. The average molecular weight is 253 g/mol. The van der Waals surface area contributed by atoms with Crippen molar-refractivity contribution in [1.29, 1.82) is 0 Å². The number of thioether (sulfide) groups is 1. The highest BCUT2D eigenvalue weighted by Gasteiger charge is 2.13. The molecule has 0 saturated carbocycles. The van der Waals surface area contributed by atoms with Gasteiger partial charge in [0.2, 0.25) is 0 Å². The summed E-state index contributed by atoms with van der Waals surface area (Å²) in [6.45, 7) is 2.17. The largest absolute Gasteiger partial charge is 0.465 e. The maximum Gasteiger partial charge on any atom is 0.323 e. The summed E-state index contributed by atoms with van der Waals surface area (Å²) in [7, 11) is 0. The van der Waals surface area contributed by atoms with E-state index < -0.39 is 6.04 Å². The maximum atomic E-state index is 11.2. The molecule has 4 heteroatoms. The topological polar surface area (TPSA) is 52.3 Å². The zero-order chi connectivity index (χ0) is 12.5. The van der Waals surface area contributed by atoms with Gasteiger partial charge in [0, 0.05) is 5.75 Å². The lowest BCUT2D eigenvalue weighted by Gasteiger charge is -2.09. The Morgan fingerprint density at radius 3 is 2.76 bits per heavy atom. The molecule has 0 aromatic heterocycles. The Labute approximate surface area is 107 Å². The first-order chi connectivity index (χ1) is 8.24.